The molecule has 3 N–H and O–H groups in total. The highest BCUT2D eigenvalue weighted by Gasteiger charge is 2.43. The van der Waals surface area contributed by atoms with Crippen molar-refractivity contribution in [2.75, 3.05) is 0 Å². The Labute approximate surface area is 81.1 Å². The maximum absolute atomic E-state index is 10.6. The molecule has 1 aliphatic rings. The molecular formula is C8H14O6. The number of aliphatic hydroxyl groups excluding tert-OH is 3. The number of esters is 1. The number of hydrogen-bond donors (Lipinski definition) is 3. The number of carbonyl (C=O) groups excluding carboxylic acids is 1. The molecule has 0 aromatic carbocycles. The van der Waals surface area contributed by atoms with Crippen molar-refractivity contribution >= 4 is 5.97 Å². The number of hydrogen-bond acceptors (Lipinski definition) is 6. The lowest BCUT2D eigenvalue weighted by molar-refractivity contribution is -0.282. The molecule has 0 saturated carbocycles. The molecule has 0 unspecified atom stereocenters. The second-order valence-corrected chi connectivity index (χ2v) is 3.29. The van der Waals surface area contributed by atoms with Gasteiger partial charge in [0.1, 0.15) is 12.2 Å². The van der Waals surface area contributed by atoms with E-state index in [2.05, 4.69) is 4.74 Å². The maximum Gasteiger partial charge on any atom is 0.303 e. The highest BCUT2D eigenvalue weighted by Crippen LogP contribution is 2.21. The Morgan fingerprint density at radius 3 is 2.36 bits per heavy atom. The molecule has 0 aromatic rings. The van der Waals surface area contributed by atoms with Crippen LogP contribution in [0, 0.1) is 0 Å². The first-order valence-corrected chi connectivity index (χ1v) is 4.30. The minimum Gasteiger partial charge on any atom is -0.454 e. The van der Waals surface area contributed by atoms with Crippen molar-refractivity contribution in [3.63, 3.8) is 0 Å². The standard InChI is InChI=1S/C8H14O6/c1-3-5(10)6(11)7(8(12)13-3)14-4(2)9/h3,5-8,10-12H,1-2H3/t3-,5+,6+,7+,8+/m1/s1. The van der Waals surface area contributed by atoms with Gasteiger partial charge in [-0.25, -0.2) is 0 Å². The zero-order valence-corrected chi connectivity index (χ0v) is 7.95. The van der Waals surface area contributed by atoms with Gasteiger partial charge in [0.05, 0.1) is 6.10 Å². The summed E-state index contributed by atoms with van der Waals surface area (Å²) in [5, 5.41) is 28.1. The van der Waals surface area contributed by atoms with Crippen LogP contribution < -0.4 is 0 Å². The number of carbonyl (C=O) groups is 1. The van der Waals surface area contributed by atoms with Crippen LogP contribution in [0.3, 0.4) is 0 Å². The maximum atomic E-state index is 10.6. The first-order valence-electron chi connectivity index (χ1n) is 4.30. The van der Waals surface area contributed by atoms with Gasteiger partial charge < -0.3 is 24.8 Å². The van der Waals surface area contributed by atoms with Gasteiger partial charge in [-0.15, -0.1) is 0 Å². The molecule has 0 aliphatic carbocycles. The summed E-state index contributed by atoms with van der Waals surface area (Å²) in [6, 6.07) is 0. The van der Waals surface area contributed by atoms with Gasteiger partial charge in [0.15, 0.2) is 12.4 Å². The first-order chi connectivity index (χ1) is 6.43. The van der Waals surface area contributed by atoms with Crippen molar-refractivity contribution in [1.82, 2.24) is 0 Å². The van der Waals surface area contributed by atoms with Crippen LogP contribution in [0.2, 0.25) is 0 Å². The topological polar surface area (TPSA) is 96.2 Å². The predicted octanol–water partition coefficient (Wildman–Crippen LogP) is -1.62. The molecule has 1 fully saturated rings. The number of ether oxygens (including phenoxy) is 2. The van der Waals surface area contributed by atoms with Crippen LogP contribution in [0.1, 0.15) is 13.8 Å². The summed E-state index contributed by atoms with van der Waals surface area (Å²) in [6.07, 6.45) is -5.86. The SMILES string of the molecule is CC(=O)O[C@H]1[C@@H](O)[C@@H](O)[C@@H](C)O[C@@H]1O. The molecule has 14 heavy (non-hydrogen) atoms. The third-order valence-corrected chi connectivity index (χ3v) is 2.10. The van der Waals surface area contributed by atoms with Crippen molar-refractivity contribution in [2.45, 2.75) is 44.6 Å². The van der Waals surface area contributed by atoms with E-state index in [-0.39, 0.29) is 0 Å². The van der Waals surface area contributed by atoms with E-state index in [1.165, 1.54) is 6.92 Å². The average molecular weight is 206 g/mol. The zero-order valence-electron chi connectivity index (χ0n) is 7.95. The molecule has 6 heteroatoms. The highest BCUT2D eigenvalue weighted by atomic mass is 16.7. The van der Waals surface area contributed by atoms with Crippen LogP contribution in [0.25, 0.3) is 0 Å². The molecule has 0 spiro atoms. The largest absolute Gasteiger partial charge is 0.454 e. The zero-order chi connectivity index (χ0) is 10.9. The molecule has 0 amide bonds. The Hall–Kier alpha value is -0.690. The minimum absolute atomic E-state index is 0.654. The molecule has 82 valence electrons. The fraction of sp³-hybridized carbons (Fsp3) is 0.875. The normalized spacial score (nSPS) is 43.4. The van der Waals surface area contributed by atoms with Gasteiger partial charge in [-0.3, -0.25) is 4.79 Å². The summed E-state index contributed by atoms with van der Waals surface area (Å²) < 4.78 is 9.46. The first kappa shape index (κ1) is 11.4. The lowest BCUT2D eigenvalue weighted by atomic mass is 10.00. The van der Waals surface area contributed by atoms with Crippen molar-refractivity contribution in [3.05, 3.63) is 0 Å². The number of rotatable bonds is 1. The predicted molar refractivity (Wildman–Crippen MR) is 44.1 cm³/mol. The lowest BCUT2D eigenvalue weighted by Crippen LogP contribution is -2.57. The summed E-state index contributed by atoms with van der Waals surface area (Å²) in [5.74, 6) is -0.654. The Balaban J connectivity index is 2.68. The third kappa shape index (κ3) is 2.21. The smallest absolute Gasteiger partial charge is 0.303 e. The fourth-order valence-electron chi connectivity index (χ4n) is 1.34. The van der Waals surface area contributed by atoms with Gasteiger partial charge >= 0.3 is 5.97 Å². The third-order valence-electron chi connectivity index (χ3n) is 2.10. The van der Waals surface area contributed by atoms with E-state index < -0.39 is 36.7 Å². The van der Waals surface area contributed by atoms with Crippen LogP contribution in [0.4, 0.5) is 0 Å². The molecule has 1 aliphatic heterocycles. The Bertz CT molecular complexity index is 218. The molecule has 6 nitrogen and oxygen atoms in total. The van der Waals surface area contributed by atoms with Crippen LogP contribution in [-0.4, -0.2) is 52.0 Å². The lowest BCUT2D eigenvalue weighted by Gasteiger charge is -2.38. The molecule has 1 heterocycles. The van der Waals surface area contributed by atoms with Crippen LogP contribution in [-0.2, 0) is 14.3 Å². The molecular weight excluding hydrogens is 192 g/mol. The van der Waals surface area contributed by atoms with Crippen molar-refractivity contribution in [1.29, 1.82) is 0 Å². The summed E-state index contributed by atoms with van der Waals surface area (Å²) in [5.41, 5.74) is 0. The average Bonchev–Trinajstić information content (AvgIpc) is 2.09. The second kappa shape index (κ2) is 4.22. The molecule has 0 radical (unpaired) electrons. The van der Waals surface area contributed by atoms with E-state index in [9.17, 15) is 20.1 Å². The summed E-state index contributed by atoms with van der Waals surface area (Å²) >= 11 is 0. The van der Waals surface area contributed by atoms with E-state index in [0.717, 1.165) is 6.92 Å². The van der Waals surface area contributed by atoms with Crippen molar-refractivity contribution in [2.24, 2.45) is 0 Å². The Kier molecular flexibility index (Phi) is 3.43. The van der Waals surface area contributed by atoms with Crippen molar-refractivity contribution in [3.8, 4) is 0 Å². The molecule has 5 atom stereocenters. The summed E-state index contributed by atoms with van der Waals surface area (Å²) in [7, 11) is 0. The van der Waals surface area contributed by atoms with E-state index >= 15 is 0 Å². The van der Waals surface area contributed by atoms with Gasteiger partial charge in [0.2, 0.25) is 0 Å². The van der Waals surface area contributed by atoms with Crippen molar-refractivity contribution < 1.29 is 29.6 Å². The van der Waals surface area contributed by atoms with Gasteiger partial charge in [0, 0.05) is 6.92 Å². The summed E-state index contributed by atoms with van der Waals surface area (Å²) in [4.78, 5) is 10.6. The van der Waals surface area contributed by atoms with E-state index in [1.807, 2.05) is 0 Å². The number of aliphatic hydroxyl groups is 3. The van der Waals surface area contributed by atoms with E-state index in [4.69, 9.17) is 4.74 Å². The van der Waals surface area contributed by atoms with Gasteiger partial charge in [-0.2, -0.15) is 0 Å². The molecule has 1 saturated heterocycles. The molecule has 1 rings (SSSR count). The van der Waals surface area contributed by atoms with Crippen LogP contribution >= 0.6 is 0 Å². The Morgan fingerprint density at radius 1 is 1.29 bits per heavy atom. The van der Waals surface area contributed by atoms with Crippen LogP contribution in [0.5, 0.6) is 0 Å². The second-order valence-electron chi connectivity index (χ2n) is 3.29. The minimum atomic E-state index is -1.41. The molecule has 0 bridgehead atoms. The molecule has 0 aromatic heterocycles. The van der Waals surface area contributed by atoms with E-state index in [0.29, 0.717) is 0 Å². The summed E-state index contributed by atoms with van der Waals surface area (Å²) in [6.45, 7) is 2.64. The highest BCUT2D eigenvalue weighted by molar-refractivity contribution is 5.66. The van der Waals surface area contributed by atoms with Gasteiger partial charge in [0.25, 0.3) is 0 Å². The van der Waals surface area contributed by atoms with Gasteiger partial charge in [-0.05, 0) is 6.92 Å². The van der Waals surface area contributed by atoms with Crippen LogP contribution in [0.15, 0.2) is 0 Å². The Morgan fingerprint density at radius 2 is 1.86 bits per heavy atom. The van der Waals surface area contributed by atoms with E-state index in [1.54, 1.807) is 0 Å². The fourth-order valence-corrected chi connectivity index (χ4v) is 1.34. The quantitative estimate of drug-likeness (QED) is 0.446. The van der Waals surface area contributed by atoms with Gasteiger partial charge in [-0.1, -0.05) is 0 Å². The monoisotopic (exact) mass is 206 g/mol.